The number of halogens is 4. The summed E-state index contributed by atoms with van der Waals surface area (Å²) in [5, 5.41) is 16.1. The van der Waals surface area contributed by atoms with Gasteiger partial charge in [0, 0.05) is 49.9 Å². The fraction of sp³-hybridized carbons (Fsp3) is 0.533. The maximum atomic E-state index is 13.3. The Hall–Kier alpha value is -1.91. The van der Waals surface area contributed by atoms with Crippen molar-refractivity contribution in [1.29, 1.82) is 0 Å². The number of piperazine rings is 1. The summed E-state index contributed by atoms with van der Waals surface area (Å²) in [6.45, 7) is 2.27. The Balaban J connectivity index is 0.00000338. The smallest absolute Gasteiger partial charge is 0.350 e. The number of aryl methyl sites for hydroxylation is 1. The monoisotopic (exact) mass is 396 g/mol. The minimum atomic E-state index is -4.48. The standard InChI is InChI=1S/C15H19F3N4O3.ClH/c1-10-2-3-11(8-12(10)22(24)25)14(23)20-9-13(15(16,17)18)21-6-4-19-5-7-21;/h2-3,8,13,19H,4-7,9H2,1H3,(H,20,23);1H. The zero-order valence-corrected chi connectivity index (χ0v) is 14.8. The van der Waals surface area contributed by atoms with E-state index in [4.69, 9.17) is 0 Å². The van der Waals surface area contributed by atoms with Crippen LogP contribution >= 0.6 is 12.4 Å². The second-order valence-corrected chi connectivity index (χ2v) is 5.81. The minimum absolute atomic E-state index is 0. The van der Waals surface area contributed by atoms with E-state index in [-0.39, 0.29) is 36.7 Å². The van der Waals surface area contributed by atoms with E-state index >= 15 is 0 Å². The molecule has 26 heavy (non-hydrogen) atoms. The van der Waals surface area contributed by atoms with Gasteiger partial charge in [-0.3, -0.25) is 19.8 Å². The Kier molecular flexibility index (Phi) is 7.79. The molecule has 1 heterocycles. The number of nitro groups is 1. The number of hydrogen-bond donors (Lipinski definition) is 2. The van der Waals surface area contributed by atoms with Gasteiger partial charge in [0.05, 0.1) is 4.92 Å². The maximum absolute atomic E-state index is 13.3. The topological polar surface area (TPSA) is 87.5 Å². The first-order valence-corrected chi connectivity index (χ1v) is 7.75. The molecule has 0 radical (unpaired) electrons. The number of nitrogens with one attached hydrogen (secondary N) is 2. The maximum Gasteiger partial charge on any atom is 0.405 e. The molecule has 2 N–H and O–H groups in total. The summed E-state index contributed by atoms with van der Waals surface area (Å²) in [5.41, 5.74) is 0.0798. The zero-order chi connectivity index (χ0) is 18.6. The van der Waals surface area contributed by atoms with Crippen LogP contribution in [0, 0.1) is 17.0 Å². The molecule has 0 aliphatic carbocycles. The van der Waals surface area contributed by atoms with Gasteiger partial charge >= 0.3 is 6.18 Å². The molecule has 1 aliphatic heterocycles. The average molecular weight is 397 g/mol. The van der Waals surface area contributed by atoms with E-state index in [2.05, 4.69) is 10.6 Å². The third-order valence-electron chi connectivity index (χ3n) is 4.09. The molecule has 1 amide bonds. The van der Waals surface area contributed by atoms with Gasteiger partial charge in [0.15, 0.2) is 0 Å². The first-order valence-electron chi connectivity index (χ1n) is 7.75. The first-order chi connectivity index (χ1) is 11.7. The van der Waals surface area contributed by atoms with Crippen LogP contribution in [0.5, 0.6) is 0 Å². The summed E-state index contributed by atoms with van der Waals surface area (Å²) in [4.78, 5) is 23.7. The normalized spacial score (nSPS) is 16.5. The van der Waals surface area contributed by atoms with E-state index in [0.29, 0.717) is 18.7 Å². The number of nitrogens with zero attached hydrogens (tertiary/aromatic N) is 2. The van der Waals surface area contributed by atoms with Crippen LogP contribution in [0.25, 0.3) is 0 Å². The summed E-state index contributed by atoms with van der Waals surface area (Å²) >= 11 is 0. The quantitative estimate of drug-likeness (QED) is 0.586. The van der Waals surface area contributed by atoms with Gasteiger partial charge in [-0.2, -0.15) is 13.2 Å². The minimum Gasteiger partial charge on any atom is -0.350 e. The molecule has 0 aromatic heterocycles. The highest BCUT2D eigenvalue weighted by molar-refractivity contribution is 5.95. The number of benzene rings is 1. The summed E-state index contributed by atoms with van der Waals surface area (Å²) in [6.07, 6.45) is -4.48. The van der Waals surface area contributed by atoms with E-state index < -0.39 is 29.6 Å². The molecule has 7 nitrogen and oxygen atoms in total. The second kappa shape index (κ2) is 9.15. The Morgan fingerprint density at radius 1 is 1.38 bits per heavy atom. The number of hydrogen-bond acceptors (Lipinski definition) is 5. The summed E-state index contributed by atoms with van der Waals surface area (Å²) in [6, 6.07) is 2.02. The van der Waals surface area contributed by atoms with Crippen molar-refractivity contribution in [3.05, 3.63) is 39.4 Å². The van der Waals surface area contributed by atoms with Crippen molar-refractivity contribution in [2.75, 3.05) is 32.7 Å². The van der Waals surface area contributed by atoms with E-state index in [9.17, 15) is 28.1 Å². The molecular formula is C15H20ClF3N4O3. The van der Waals surface area contributed by atoms with Crippen LogP contribution in [0.3, 0.4) is 0 Å². The van der Waals surface area contributed by atoms with Gasteiger partial charge in [-0.15, -0.1) is 12.4 Å². The van der Waals surface area contributed by atoms with Gasteiger partial charge in [-0.1, -0.05) is 6.07 Å². The van der Waals surface area contributed by atoms with Crippen LogP contribution in [0.4, 0.5) is 18.9 Å². The highest BCUT2D eigenvalue weighted by atomic mass is 35.5. The van der Waals surface area contributed by atoms with E-state index in [1.807, 2.05) is 0 Å². The molecule has 1 aromatic carbocycles. The van der Waals surface area contributed by atoms with Crippen molar-refractivity contribution in [1.82, 2.24) is 15.5 Å². The van der Waals surface area contributed by atoms with Crippen LogP contribution in [0.1, 0.15) is 15.9 Å². The molecule has 11 heteroatoms. The third kappa shape index (κ3) is 5.55. The lowest BCUT2D eigenvalue weighted by atomic mass is 10.1. The van der Waals surface area contributed by atoms with Gasteiger partial charge in [0.25, 0.3) is 11.6 Å². The molecule has 1 fully saturated rings. The number of amides is 1. The van der Waals surface area contributed by atoms with E-state index in [1.54, 1.807) is 0 Å². The van der Waals surface area contributed by atoms with Gasteiger partial charge in [0.2, 0.25) is 0 Å². The molecule has 1 saturated heterocycles. The zero-order valence-electron chi connectivity index (χ0n) is 14.0. The number of carbonyl (C=O) groups is 1. The highest BCUT2D eigenvalue weighted by Gasteiger charge is 2.43. The number of carbonyl (C=O) groups excluding carboxylic acids is 1. The Bertz CT molecular complexity index is 652. The SMILES string of the molecule is Cc1ccc(C(=O)NCC(N2CCNCC2)C(F)(F)F)cc1[N+](=O)[O-].Cl. The lowest BCUT2D eigenvalue weighted by molar-refractivity contribution is -0.385. The molecular weight excluding hydrogens is 377 g/mol. The molecule has 0 bridgehead atoms. The van der Waals surface area contributed by atoms with Crippen molar-refractivity contribution in [3.8, 4) is 0 Å². The van der Waals surface area contributed by atoms with E-state index in [1.165, 1.54) is 24.0 Å². The highest BCUT2D eigenvalue weighted by Crippen LogP contribution is 2.25. The van der Waals surface area contributed by atoms with Crippen molar-refractivity contribution in [2.24, 2.45) is 0 Å². The summed E-state index contributed by atoms with van der Waals surface area (Å²) in [7, 11) is 0. The lowest BCUT2D eigenvalue weighted by Crippen LogP contribution is -2.57. The third-order valence-corrected chi connectivity index (χ3v) is 4.09. The molecule has 146 valence electrons. The van der Waals surface area contributed by atoms with Crippen LogP contribution in [0.15, 0.2) is 18.2 Å². The van der Waals surface area contributed by atoms with Gasteiger partial charge in [-0.05, 0) is 13.0 Å². The largest absolute Gasteiger partial charge is 0.405 e. The second-order valence-electron chi connectivity index (χ2n) is 5.81. The van der Waals surface area contributed by atoms with E-state index in [0.717, 1.165) is 6.07 Å². The number of nitro benzene ring substituents is 1. The van der Waals surface area contributed by atoms with Gasteiger partial charge in [0.1, 0.15) is 6.04 Å². The summed E-state index contributed by atoms with van der Waals surface area (Å²) in [5.74, 6) is -0.771. The Labute approximate surface area is 154 Å². The predicted molar refractivity (Wildman–Crippen MR) is 91.7 cm³/mol. The molecule has 1 atom stereocenters. The predicted octanol–water partition coefficient (Wildman–Crippen LogP) is 1.89. The first kappa shape index (κ1) is 22.1. The average Bonchev–Trinajstić information content (AvgIpc) is 2.54. The van der Waals surface area contributed by atoms with Crippen molar-refractivity contribution >= 4 is 24.0 Å². The molecule has 1 aromatic rings. The molecule has 1 unspecified atom stereocenters. The van der Waals surface area contributed by atoms with Gasteiger partial charge in [-0.25, -0.2) is 0 Å². The summed E-state index contributed by atoms with van der Waals surface area (Å²) < 4.78 is 39.8. The molecule has 1 aliphatic rings. The van der Waals surface area contributed by atoms with Crippen LogP contribution in [-0.4, -0.2) is 60.7 Å². The number of rotatable bonds is 5. The molecule has 0 spiro atoms. The molecule has 2 rings (SSSR count). The van der Waals surface area contributed by atoms with Crippen molar-refractivity contribution in [3.63, 3.8) is 0 Å². The van der Waals surface area contributed by atoms with Crippen molar-refractivity contribution in [2.45, 2.75) is 19.1 Å². The van der Waals surface area contributed by atoms with Crippen LogP contribution in [-0.2, 0) is 0 Å². The van der Waals surface area contributed by atoms with Gasteiger partial charge < -0.3 is 10.6 Å². The fourth-order valence-electron chi connectivity index (χ4n) is 2.68. The number of alkyl halides is 3. The van der Waals surface area contributed by atoms with Crippen LogP contribution in [0.2, 0.25) is 0 Å². The fourth-order valence-corrected chi connectivity index (χ4v) is 2.68. The lowest BCUT2D eigenvalue weighted by Gasteiger charge is -2.35. The molecule has 0 saturated carbocycles. The van der Waals surface area contributed by atoms with Crippen molar-refractivity contribution < 1.29 is 22.9 Å². The van der Waals surface area contributed by atoms with Crippen LogP contribution < -0.4 is 10.6 Å². The Morgan fingerprint density at radius 3 is 2.54 bits per heavy atom. The Morgan fingerprint density at radius 2 is 2.00 bits per heavy atom.